The molecule has 0 bridgehead atoms. The van der Waals surface area contributed by atoms with Crippen LogP contribution in [0, 0.1) is 6.92 Å². The number of carbonyl (C=O) groups is 1. The minimum atomic E-state index is -4.53. The van der Waals surface area contributed by atoms with Crippen LogP contribution in [-0.2, 0) is 12.7 Å². The number of aromatic nitrogens is 1. The number of nitrogens with zero attached hydrogens (tertiary/aromatic N) is 4. The zero-order chi connectivity index (χ0) is 26.9. The molecule has 0 radical (unpaired) electrons. The highest BCUT2D eigenvalue weighted by Crippen LogP contribution is 2.34. The Kier molecular flexibility index (Phi) is 7.18. The van der Waals surface area contributed by atoms with Crippen molar-refractivity contribution in [3.63, 3.8) is 0 Å². The maximum atomic E-state index is 13.8. The standard InChI is InChI=1S/C28H29F3N6O/c1-18-11-19-3-4-20(12-22(19)15-32-18)23-13-26(33-16-23)35-27(38)34-24-6-5-21(25(14-24)28(29,30)31)17-37-9-7-36(2)8-10-37/h3-6,11-15H,7-10,16-17H2,1-2H3,(H2,33,34,35,38). The van der Waals surface area contributed by atoms with Gasteiger partial charge in [-0.3, -0.25) is 20.2 Å². The number of aryl methyl sites for hydroxylation is 1. The number of alkyl halides is 3. The summed E-state index contributed by atoms with van der Waals surface area (Å²) in [5.74, 6) is 0.349. The van der Waals surface area contributed by atoms with E-state index in [0.29, 0.717) is 25.5 Å². The van der Waals surface area contributed by atoms with Crippen molar-refractivity contribution in [2.24, 2.45) is 4.99 Å². The number of aliphatic imine (C=N–C) groups is 1. The molecule has 2 aromatic carbocycles. The number of hydrogen-bond acceptors (Lipinski definition) is 5. The summed E-state index contributed by atoms with van der Waals surface area (Å²) in [6, 6.07) is 11.3. The van der Waals surface area contributed by atoms with Gasteiger partial charge in [0.25, 0.3) is 0 Å². The zero-order valence-corrected chi connectivity index (χ0v) is 21.3. The summed E-state index contributed by atoms with van der Waals surface area (Å²) in [7, 11) is 2.00. The average Bonchev–Trinajstić information content (AvgIpc) is 3.33. The summed E-state index contributed by atoms with van der Waals surface area (Å²) in [5, 5.41) is 7.24. The van der Waals surface area contributed by atoms with E-state index in [9.17, 15) is 18.0 Å². The van der Waals surface area contributed by atoms with E-state index in [-0.39, 0.29) is 17.8 Å². The Bertz CT molecular complexity index is 1420. The molecule has 2 aliphatic heterocycles. The lowest BCUT2D eigenvalue weighted by Crippen LogP contribution is -2.44. The van der Waals surface area contributed by atoms with Gasteiger partial charge in [-0.2, -0.15) is 13.2 Å². The summed E-state index contributed by atoms with van der Waals surface area (Å²) in [5.41, 5.74) is 2.36. The van der Waals surface area contributed by atoms with Crippen molar-refractivity contribution in [3.05, 3.63) is 77.1 Å². The van der Waals surface area contributed by atoms with E-state index >= 15 is 0 Å². The van der Waals surface area contributed by atoms with Crippen molar-refractivity contribution in [2.45, 2.75) is 19.6 Å². The van der Waals surface area contributed by atoms with Crippen LogP contribution in [0.1, 0.15) is 22.4 Å². The maximum absolute atomic E-state index is 13.8. The van der Waals surface area contributed by atoms with E-state index in [1.54, 1.807) is 6.08 Å². The largest absolute Gasteiger partial charge is 0.416 e. The molecule has 10 heteroatoms. The number of likely N-dealkylation sites (N-methyl/N-ethyl adjacent to an activating group) is 1. The summed E-state index contributed by atoms with van der Waals surface area (Å²) in [6.07, 6.45) is -0.942. The first-order valence-corrected chi connectivity index (χ1v) is 12.4. The smallest absolute Gasteiger partial charge is 0.308 e. The summed E-state index contributed by atoms with van der Waals surface area (Å²) >= 11 is 0. The van der Waals surface area contributed by atoms with Gasteiger partial charge in [0.2, 0.25) is 0 Å². The number of amides is 2. The number of nitrogens with one attached hydrogen (secondary N) is 2. The molecule has 2 aliphatic rings. The predicted molar refractivity (Wildman–Crippen MR) is 143 cm³/mol. The first-order chi connectivity index (χ1) is 18.1. The van der Waals surface area contributed by atoms with E-state index in [0.717, 1.165) is 46.8 Å². The fraction of sp³-hybridized carbons (Fsp3) is 0.321. The molecule has 38 heavy (non-hydrogen) atoms. The first-order valence-electron chi connectivity index (χ1n) is 12.4. The van der Waals surface area contributed by atoms with Crippen LogP contribution in [0.15, 0.2) is 59.7 Å². The van der Waals surface area contributed by atoms with Gasteiger partial charge < -0.3 is 10.2 Å². The SMILES string of the molecule is Cc1cc2ccc(C3=CC(NC(=O)Nc4ccc(CN5CCN(C)CC5)c(C(F)(F)F)c4)=NC3)cc2cn1. The number of urea groups is 1. The lowest BCUT2D eigenvalue weighted by atomic mass is 10.0. The molecule has 1 saturated heterocycles. The van der Waals surface area contributed by atoms with E-state index in [4.69, 9.17) is 0 Å². The zero-order valence-electron chi connectivity index (χ0n) is 21.3. The Balaban J connectivity index is 1.24. The van der Waals surface area contributed by atoms with Crippen LogP contribution >= 0.6 is 0 Å². The molecular formula is C28H29F3N6O. The van der Waals surface area contributed by atoms with Gasteiger partial charge in [-0.25, -0.2) is 4.79 Å². The third-order valence-corrected chi connectivity index (χ3v) is 6.86. The molecule has 1 aromatic heterocycles. The number of rotatable bonds is 4. The van der Waals surface area contributed by atoms with E-state index < -0.39 is 17.8 Å². The quantitative estimate of drug-likeness (QED) is 0.510. The van der Waals surface area contributed by atoms with Crippen LogP contribution in [0.4, 0.5) is 23.7 Å². The van der Waals surface area contributed by atoms with Crippen molar-refractivity contribution < 1.29 is 18.0 Å². The summed E-state index contributed by atoms with van der Waals surface area (Å²) in [6.45, 7) is 5.60. The molecule has 7 nitrogen and oxygen atoms in total. The third-order valence-electron chi connectivity index (χ3n) is 6.86. The number of amidine groups is 1. The predicted octanol–water partition coefficient (Wildman–Crippen LogP) is 4.93. The van der Waals surface area contributed by atoms with E-state index in [1.807, 2.05) is 49.3 Å². The number of hydrogen-bond donors (Lipinski definition) is 2. The Labute approximate surface area is 219 Å². The highest BCUT2D eigenvalue weighted by atomic mass is 19.4. The number of pyridine rings is 1. The molecule has 0 atom stereocenters. The normalized spacial score (nSPS) is 16.9. The molecule has 5 rings (SSSR count). The van der Waals surface area contributed by atoms with Gasteiger partial charge in [0, 0.05) is 55.7 Å². The van der Waals surface area contributed by atoms with Gasteiger partial charge >= 0.3 is 12.2 Å². The molecule has 198 valence electrons. The molecule has 0 aliphatic carbocycles. The number of benzene rings is 2. The third kappa shape index (κ3) is 6.03. The van der Waals surface area contributed by atoms with Crippen molar-refractivity contribution >= 4 is 33.9 Å². The first kappa shape index (κ1) is 25.9. The lowest BCUT2D eigenvalue weighted by Gasteiger charge is -2.33. The fourth-order valence-electron chi connectivity index (χ4n) is 4.71. The fourth-order valence-corrected chi connectivity index (χ4v) is 4.71. The van der Waals surface area contributed by atoms with Crippen LogP contribution in [0.5, 0.6) is 0 Å². The second-order valence-electron chi connectivity index (χ2n) is 9.79. The van der Waals surface area contributed by atoms with Crippen LogP contribution in [0.2, 0.25) is 0 Å². The van der Waals surface area contributed by atoms with E-state index in [1.165, 1.54) is 12.1 Å². The molecular weight excluding hydrogens is 493 g/mol. The Morgan fingerprint density at radius 2 is 1.79 bits per heavy atom. The minimum Gasteiger partial charge on any atom is -0.308 e. The molecule has 3 aromatic rings. The maximum Gasteiger partial charge on any atom is 0.416 e. The van der Waals surface area contributed by atoms with Gasteiger partial charge in [0.15, 0.2) is 0 Å². The second-order valence-corrected chi connectivity index (χ2v) is 9.79. The van der Waals surface area contributed by atoms with Crippen LogP contribution in [0.3, 0.4) is 0 Å². The molecule has 0 spiro atoms. The molecule has 1 fully saturated rings. The number of halogens is 3. The molecule has 3 heterocycles. The van der Waals surface area contributed by atoms with Gasteiger partial charge in [-0.15, -0.1) is 0 Å². The van der Waals surface area contributed by atoms with Gasteiger partial charge in [-0.1, -0.05) is 18.2 Å². The van der Waals surface area contributed by atoms with Crippen LogP contribution in [0.25, 0.3) is 16.3 Å². The lowest BCUT2D eigenvalue weighted by molar-refractivity contribution is -0.138. The van der Waals surface area contributed by atoms with Crippen molar-refractivity contribution in [3.8, 4) is 0 Å². The van der Waals surface area contributed by atoms with Crippen molar-refractivity contribution in [1.29, 1.82) is 0 Å². The van der Waals surface area contributed by atoms with Gasteiger partial charge in [0.05, 0.1) is 12.1 Å². The number of anilines is 1. The molecule has 2 amide bonds. The van der Waals surface area contributed by atoms with Gasteiger partial charge in [-0.05, 0) is 66.4 Å². The monoisotopic (exact) mass is 522 g/mol. The number of carbonyl (C=O) groups excluding carboxylic acids is 1. The van der Waals surface area contributed by atoms with Crippen LogP contribution in [-0.4, -0.2) is 66.4 Å². The molecule has 2 N–H and O–H groups in total. The highest BCUT2D eigenvalue weighted by molar-refractivity contribution is 6.12. The highest BCUT2D eigenvalue weighted by Gasteiger charge is 2.34. The van der Waals surface area contributed by atoms with Crippen molar-refractivity contribution in [1.82, 2.24) is 20.1 Å². The van der Waals surface area contributed by atoms with Crippen molar-refractivity contribution in [2.75, 3.05) is 45.1 Å². The van der Waals surface area contributed by atoms with Gasteiger partial charge in [0.1, 0.15) is 5.84 Å². The van der Waals surface area contributed by atoms with Crippen LogP contribution < -0.4 is 10.6 Å². The Hall–Kier alpha value is -3.76. The molecule has 0 unspecified atom stereocenters. The topological polar surface area (TPSA) is 72.9 Å². The Morgan fingerprint density at radius 1 is 1.00 bits per heavy atom. The second kappa shape index (κ2) is 10.5. The summed E-state index contributed by atoms with van der Waals surface area (Å²) < 4.78 is 41.5. The summed E-state index contributed by atoms with van der Waals surface area (Å²) in [4.78, 5) is 25.4. The average molecular weight is 523 g/mol. The van der Waals surface area contributed by atoms with E-state index in [2.05, 4.69) is 25.5 Å². The number of piperazine rings is 1. The Morgan fingerprint density at radius 3 is 2.55 bits per heavy atom. The minimum absolute atomic E-state index is 0.0667. The molecule has 0 saturated carbocycles. The number of fused-ring (bicyclic) bond motifs is 1.